The van der Waals surface area contributed by atoms with Crippen molar-refractivity contribution in [1.29, 1.82) is 0 Å². The van der Waals surface area contributed by atoms with E-state index in [1.165, 1.54) is 135 Å². The third-order valence-electron chi connectivity index (χ3n) is 10.6. The third kappa shape index (κ3) is 44.1. The van der Waals surface area contributed by atoms with Crippen molar-refractivity contribution < 1.29 is 42.1 Å². The summed E-state index contributed by atoms with van der Waals surface area (Å²) in [6.45, 7) is 4.43. The zero-order chi connectivity index (χ0) is 42.8. The van der Waals surface area contributed by atoms with Crippen molar-refractivity contribution in [2.75, 3.05) is 47.5 Å². The fourth-order valence-electron chi connectivity index (χ4n) is 6.79. The molecule has 0 aromatic heterocycles. The van der Waals surface area contributed by atoms with Gasteiger partial charge in [-0.15, -0.1) is 11.8 Å². The summed E-state index contributed by atoms with van der Waals surface area (Å²) in [5.74, 6) is 5.86. The van der Waals surface area contributed by atoms with Crippen LogP contribution in [0.15, 0.2) is 0 Å². The minimum Gasteiger partial charge on any atom is -0.462 e. The van der Waals surface area contributed by atoms with Crippen molar-refractivity contribution >= 4 is 19.8 Å². The molecule has 0 heterocycles. The maximum absolute atomic E-state index is 12.7. The molecule has 2 unspecified atom stereocenters. The number of likely N-dealkylation sites (N-methyl/N-ethyl adjacent to an activating group) is 1. The molecule has 0 aliphatic carbocycles. The smallest absolute Gasteiger partial charge is 0.462 e. The lowest BCUT2D eigenvalue weighted by atomic mass is 10.0. The number of hydrogen-bond acceptors (Lipinski definition) is 7. The van der Waals surface area contributed by atoms with Gasteiger partial charge in [0.1, 0.15) is 19.8 Å². The van der Waals surface area contributed by atoms with Gasteiger partial charge in [-0.25, -0.2) is 4.57 Å². The predicted molar refractivity (Wildman–Crippen MR) is 242 cm³/mol. The Bertz CT molecular complexity index is 1050. The number of carbonyl (C=O) groups is 2. The van der Waals surface area contributed by atoms with E-state index >= 15 is 0 Å². The van der Waals surface area contributed by atoms with Gasteiger partial charge >= 0.3 is 19.8 Å². The molecule has 0 spiro atoms. The first-order valence-electron chi connectivity index (χ1n) is 24.2. The van der Waals surface area contributed by atoms with Gasteiger partial charge in [0.15, 0.2) is 6.10 Å². The molecule has 0 radical (unpaired) electrons. The third-order valence-corrected chi connectivity index (χ3v) is 11.6. The zero-order valence-electron chi connectivity index (χ0n) is 38.6. The molecular weight excluding hydrogens is 750 g/mol. The van der Waals surface area contributed by atoms with Crippen LogP contribution in [0.1, 0.15) is 232 Å². The number of phosphoric ester groups is 1. The molecule has 0 rings (SSSR count). The average molecular weight is 843 g/mol. The lowest BCUT2D eigenvalue weighted by molar-refractivity contribution is -0.870. The van der Waals surface area contributed by atoms with Gasteiger partial charge in [0.2, 0.25) is 0 Å². The molecule has 0 amide bonds. The van der Waals surface area contributed by atoms with Crippen LogP contribution in [-0.4, -0.2) is 74.9 Å². The topological polar surface area (TPSA) is 108 Å². The lowest BCUT2D eigenvalue weighted by Crippen LogP contribution is -2.37. The highest BCUT2D eigenvalue weighted by Gasteiger charge is 2.27. The van der Waals surface area contributed by atoms with E-state index in [2.05, 4.69) is 25.7 Å². The molecule has 0 bridgehead atoms. The summed E-state index contributed by atoms with van der Waals surface area (Å²) >= 11 is 0. The standard InChI is InChI=1S/C48H92NO8P/c1-6-8-10-12-14-16-18-20-22-24-25-27-29-31-33-35-37-39-41-48(51)57-46(45-56-58(52,53)55-43-42-49(3,4)5)44-54-47(50)40-38-36-34-32-30-28-26-23-21-19-17-15-13-11-9-7-2/h46H,6-23,26-45H2,1-5H3/p+1. The number of quaternary nitrogens is 1. The minimum absolute atomic E-state index is 0.0305. The van der Waals surface area contributed by atoms with Gasteiger partial charge in [0, 0.05) is 25.7 Å². The number of esters is 2. The fraction of sp³-hybridized carbons (Fsp3) is 0.917. The summed E-state index contributed by atoms with van der Waals surface area (Å²) < 4.78 is 34.4. The molecule has 10 heteroatoms. The monoisotopic (exact) mass is 843 g/mol. The average Bonchev–Trinajstić information content (AvgIpc) is 3.17. The van der Waals surface area contributed by atoms with Crippen LogP contribution >= 0.6 is 7.82 Å². The van der Waals surface area contributed by atoms with Crippen LogP contribution in [0.3, 0.4) is 0 Å². The molecule has 9 nitrogen and oxygen atoms in total. The Balaban J connectivity index is 4.29. The molecule has 1 N–H and O–H groups in total. The Morgan fingerprint density at radius 3 is 1.28 bits per heavy atom. The number of phosphoric acid groups is 1. The lowest BCUT2D eigenvalue weighted by Gasteiger charge is -2.24. The van der Waals surface area contributed by atoms with Crippen LogP contribution in [0, 0.1) is 11.8 Å². The molecular formula is C48H93NO8P+. The molecule has 0 fully saturated rings. The van der Waals surface area contributed by atoms with Gasteiger partial charge in [0.05, 0.1) is 27.7 Å². The Morgan fingerprint density at radius 1 is 0.517 bits per heavy atom. The van der Waals surface area contributed by atoms with Crippen molar-refractivity contribution in [3.05, 3.63) is 0 Å². The van der Waals surface area contributed by atoms with E-state index in [4.69, 9.17) is 18.5 Å². The number of ether oxygens (including phenoxy) is 2. The summed E-state index contributed by atoms with van der Waals surface area (Å²) in [7, 11) is 1.47. The van der Waals surface area contributed by atoms with E-state index in [9.17, 15) is 19.0 Å². The number of rotatable bonds is 43. The highest BCUT2D eigenvalue weighted by Crippen LogP contribution is 2.43. The van der Waals surface area contributed by atoms with Crippen LogP contribution in [0.2, 0.25) is 0 Å². The van der Waals surface area contributed by atoms with E-state index in [1.807, 2.05) is 21.1 Å². The van der Waals surface area contributed by atoms with E-state index in [0.717, 1.165) is 64.2 Å². The van der Waals surface area contributed by atoms with Crippen molar-refractivity contribution in [3.63, 3.8) is 0 Å². The Morgan fingerprint density at radius 2 is 0.879 bits per heavy atom. The Hall–Kier alpha value is -1.43. The Kier molecular flexibility index (Phi) is 39.9. The van der Waals surface area contributed by atoms with Crippen LogP contribution < -0.4 is 0 Å². The highest BCUT2D eigenvalue weighted by atomic mass is 31.2. The summed E-state index contributed by atoms with van der Waals surface area (Å²) in [5, 5.41) is 0. The minimum atomic E-state index is -4.38. The van der Waals surface area contributed by atoms with Gasteiger partial charge in [-0.05, 0) is 25.7 Å². The SMILES string of the molecule is CCCCCCCCCCC#CCCCCCCCCC(=O)OC(COC(=O)CCCCCCCCCCCCCCCCCC)COP(=O)(O)OCC[N+](C)(C)C. The van der Waals surface area contributed by atoms with Crippen molar-refractivity contribution in [2.24, 2.45) is 0 Å². The quantitative estimate of drug-likeness (QED) is 0.0213. The molecule has 0 saturated heterocycles. The second kappa shape index (κ2) is 40.9. The number of carbonyl (C=O) groups excluding carboxylic acids is 2. The zero-order valence-corrected chi connectivity index (χ0v) is 39.5. The van der Waals surface area contributed by atoms with Crippen molar-refractivity contribution in [1.82, 2.24) is 0 Å². The second-order valence-corrected chi connectivity index (χ2v) is 19.1. The molecule has 342 valence electrons. The van der Waals surface area contributed by atoms with Gasteiger partial charge in [-0.3, -0.25) is 18.6 Å². The van der Waals surface area contributed by atoms with Gasteiger partial charge in [-0.1, -0.05) is 181 Å². The first-order valence-corrected chi connectivity index (χ1v) is 25.7. The number of hydrogen-bond donors (Lipinski definition) is 1. The fourth-order valence-corrected chi connectivity index (χ4v) is 7.54. The number of nitrogens with zero attached hydrogens (tertiary/aromatic N) is 1. The second-order valence-electron chi connectivity index (χ2n) is 17.7. The molecule has 0 aliphatic heterocycles. The molecule has 0 aromatic carbocycles. The van der Waals surface area contributed by atoms with Gasteiger partial charge in [0.25, 0.3) is 0 Å². The van der Waals surface area contributed by atoms with Gasteiger partial charge in [-0.2, -0.15) is 0 Å². The molecule has 58 heavy (non-hydrogen) atoms. The van der Waals surface area contributed by atoms with Crippen LogP contribution in [0.25, 0.3) is 0 Å². The van der Waals surface area contributed by atoms with Crippen molar-refractivity contribution in [3.8, 4) is 11.8 Å². The van der Waals surface area contributed by atoms with Crippen LogP contribution in [0.4, 0.5) is 0 Å². The summed E-state index contributed by atoms with van der Waals surface area (Å²) in [5.41, 5.74) is 0. The molecule has 0 aromatic rings. The van der Waals surface area contributed by atoms with E-state index in [0.29, 0.717) is 23.9 Å². The molecule has 0 aliphatic rings. The van der Waals surface area contributed by atoms with Crippen LogP contribution in [-0.2, 0) is 32.7 Å². The van der Waals surface area contributed by atoms with Crippen LogP contribution in [0.5, 0.6) is 0 Å². The highest BCUT2D eigenvalue weighted by molar-refractivity contribution is 7.47. The Labute approximate surface area is 358 Å². The summed E-state index contributed by atoms with van der Waals surface area (Å²) in [6, 6.07) is 0. The normalized spacial score (nSPS) is 13.1. The summed E-state index contributed by atoms with van der Waals surface area (Å²) in [6.07, 6.45) is 38.4. The first-order chi connectivity index (χ1) is 28.0. The van der Waals surface area contributed by atoms with E-state index in [-0.39, 0.29) is 25.6 Å². The van der Waals surface area contributed by atoms with Crippen molar-refractivity contribution in [2.45, 2.75) is 238 Å². The number of unbranched alkanes of at least 4 members (excludes halogenated alkanes) is 29. The first kappa shape index (κ1) is 56.6. The largest absolute Gasteiger partial charge is 0.472 e. The van der Waals surface area contributed by atoms with E-state index < -0.39 is 26.5 Å². The summed E-state index contributed by atoms with van der Waals surface area (Å²) in [4.78, 5) is 35.4. The van der Waals surface area contributed by atoms with E-state index in [1.54, 1.807) is 0 Å². The van der Waals surface area contributed by atoms with Gasteiger partial charge < -0.3 is 18.9 Å². The molecule has 2 atom stereocenters. The maximum Gasteiger partial charge on any atom is 0.472 e. The molecule has 0 saturated carbocycles. The predicted octanol–water partition coefficient (Wildman–Crippen LogP) is 13.6. The maximum atomic E-state index is 12.7.